The van der Waals surface area contributed by atoms with Crippen LogP contribution < -0.4 is 5.32 Å². The summed E-state index contributed by atoms with van der Waals surface area (Å²) in [6, 6.07) is 0.475. The molecule has 0 spiro atoms. The lowest BCUT2D eigenvalue weighted by molar-refractivity contribution is 0.0854. The number of aliphatic hydroxyl groups is 1. The van der Waals surface area contributed by atoms with Crippen LogP contribution in [0.5, 0.6) is 0 Å². The van der Waals surface area contributed by atoms with Crippen LogP contribution in [0.2, 0.25) is 0 Å². The van der Waals surface area contributed by atoms with Gasteiger partial charge in [-0.2, -0.15) is 5.10 Å². The zero-order valence-electron chi connectivity index (χ0n) is 10.7. The standard InChI is InChI=1S/C12H23N3O2/c1-3-4-11(2)14-12-9-13-15(10-12)5-7-17-8-6-16/h9-11,14,16H,3-8H2,1-2H3. The zero-order chi connectivity index (χ0) is 12.5. The molecule has 0 aromatic carbocycles. The molecule has 1 atom stereocenters. The molecule has 0 aliphatic carbocycles. The lowest BCUT2D eigenvalue weighted by atomic mass is 10.2. The van der Waals surface area contributed by atoms with Crippen LogP contribution >= 0.6 is 0 Å². The van der Waals surface area contributed by atoms with E-state index in [0.29, 0.717) is 25.8 Å². The van der Waals surface area contributed by atoms with Gasteiger partial charge in [0.25, 0.3) is 0 Å². The number of hydrogen-bond donors (Lipinski definition) is 2. The normalized spacial score (nSPS) is 12.6. The first-order valence-corrected chi connectivity index (χ1v) is 6.23. The van der Waals surface area contributed by atoms with Gasteiger partial charge in [-0.1, -0.05) is 13.3 Å². The summed E-state index contributed by atoms with van der Waals surface area (Å²) < 4.78 is 7.03. The number of anilines is 1. The van der Waals surface area contributed by atoms with Crippen molar-refractivity contribution in [1.82, 2.24) is 9.78 Å². The Balaban J connectivity index is 2.27. The Labute approximate surface area is 103 Å². The smallest absolute Gasteiger partial charge is 0.0728 e. The number of nitrogens with zero attached hydrogens (tertiary/aromatic N) is 2. The molecule has 5 nitrogen and oxygen atoms in total. The van der Waals surface area contributed by atoms with E-state index in [1.807, 2.05) is 17.1 Å². The van der Waals surface area contributed by atoms with Crippen LogP contribution in [0, 0.1) is 0 Å². The number of aliphatic hydroxyl groups excluding tert-OH is 1. The molecule has 1 aromatic rings. The molecule has 0 saturated carbocycles. The second-order valence-electron chi connectivity index (χ2n) is 4.16. The lowest BCUT2D eigenvalue weighted by Gasteiger charge is -2.11. The van der Waals surface area contributed by atoms with Crippen molar-refractivity contribution in [2.24, 2.45) is 0 Å². The van der Waals surface area contributed by atoms with Crippen molar-refractivity contribution in [3.05, 3.63) is 12.4 Å². The van der Waals surface area contributed by atoms with Crippen LogP contribution in [-0.4, -0.2) is 40.7 Å². The zero-order valence-corrected chi connectivity index (χ0v) is 10.7. The minimum absolute atomic E-state index is 0.0699. The van der Waals surface area contributed by atoms with Crippen LogP contribution in [0.15, 0.2) is 12.4 Å². The third-order valence-electron chi connectivity index (χ3n) is 2.47. The molecular formula is C12H23N3O2. The van der Waals surface area contributed by atoms with Crippen molar-refractivity contribution >= 4 is 5.69 Å². The maximum atomic E-state index is 8.56. The average Bonchev–Trinajstić information content (AvgIpc) is 2.72. The molecule has 0 radical (unpaired) electrons. The van der Waals surface area contributed by atoms with E-state index in [4.69, 9.17) is 9.84 Å². The number of aromatic nitrogens is 2. The lowest BCUT2D eigenvalue weighted by Crippen LogP contribution is -2.14. The highest BCUT2D eigenvalue weighted by Gasteiger charge is 2.02. The van der Waals surface area contributed by atoms with Gasteiger partial charge in [0.05, 0.1) is 38.2 Å². The molecule has 98 valence electrons. The minimum Gasteiger partial charge on any atom is -0.394 e. The van der Waals surface area contributed by atoms with E-state index < -0.39 is 0 Å². The van der Waals surface area contributed by atoms with Gasteiger partial charge >= 0.3 is 0 Å². The Morgan fingerprint density at radius 1 is 1.53 bits per heavy atom. The van der Waals surface area contributed by atoms with E-state index in [2.05, 4.69) is 24.3 Å². The van der Waals surface area contributed by atoms with Gasteiger partial charge in [-0.25, -0.2) is 0 Å². The SMILES string of the molecule is CCCC(C)Nc1cnn(CCOCCO)c1. The summed E-state index contributed by atoms with van der Waals surface area (Å²) in [5, 5.41) is 16.2. The highest BCUT2D eigenvalue weighted by atomic mass is 16.5. The quantitative estimate of drug-likeness (QED) is 0.643. The monoisotopic (exact) mass is 241 g/mol. The van der Waals surface area contributed by atoms with Crippen LogP contribution in [0.4, 0.5) is 5.69 Å². The predicted molar refractivity (Wildman–Crippen MR) is 68.1 cm³/mol. The summed E-state index contributed by atoms with van der Waals surface area (Å²) in [6.45, 7) is 6.10. The second kappa shape index (κ2) is 8.08. The largest absolute Gasteiger partial charge is 0.394 e. The van der Waals surface area contributed by atoms with E-state index in [-0.39, 0.29) is 6.61 Å². The van der Waals surface area contributed by atoms with Crippen LogP contribution in [0.3, 0.4) is 0 Å². The van der Waals surface area contributed by atoms with E-state index in [1.54, 1.807) is 0 Å². The van der Waals surface area contributed by atoms with Crippen molar-refractivity contribution < 1.29 is 9.84 Å². The predicted octanol–water partition coefficient (Wildman–Crippen LogP) is 1.49. The topological polar surface area (TPSA) is 59.3 Å². The maximum absolute atomic E-state index is 8.56. The number of ether oxygens (including phenoxy) is 1. The molecule has 1 unspecified atom stereocenters. The van der Waals surface area contributed by atoms with Crippen LogP contribution in [0.25, 0.3) is 0 Å². The Hall–Kier alpha value is -1.07. The van der Waals surface area contributed by atoms with E-state index in [9.17, 15) is 0 Å². The van der Waals surface area contributed by atoms with Crippen molar-refractivity contribution in [1.29, 1.82) is 0 Å². The molecule has 0 aliphatic heterocycles. The summed E-state index contributed by atoms with van der Waals surface area (Å²) in [5.74, 6) is 0. The molecule has 0 amide bonds. The van der Waals surface area contributed by atoms with Gasteiger partial charge in [0.2, 0.25) is 0 Å². The van der Waals surface area contributed by atoms with Gasteiger partial charge in [-0.15, -0.1) is 0 Å². The molecule has 0 bridgehead atoms. The first kappa shape index (κ1) is 14.0. The van der Waals surface area contributed by atoms with Gasteiger partial charge in [-0.05, 0) is 13.3 Å². The van der Waals surface area contributed by atoms with Gasteiger partial charge in [0.15, 0.2) is 0 Å². The molecule has 1 aromatic heterocycles. The molecule has 17 heavy (non-hydrogen) atoms. The molecule has 1 heterocycles. The van der Waals surface area contributed by atoms with E-state index in [0.717, 1.165) is 12.1 Å². The third kappa shape index (κ3) is 5.70. The third-order valence-corrected chi connectivity index (χ3v) is 2.47. The summed E-state index contributed by atoms with van der Waals surface area (Å²) >= 11 is 0. The average molecular weight is 241 g/mol. The summed E-state index contributed by atoms with van der Waals surface area (Å²) in [6.07, 6.45) is 6.15. The minimum atomic E-state index is 0.0699. The number of rotatable bonds is 9. The summed E-state index contributed by atoms with van der Waals surface area (Å²) in [7, 11) is 0. The van der Waals surface area contributed by atoms with Gasteiger partial charge in [0.1, 0.15) is 0 Å². The molecule has 2 N–H and O–H groups in total. The Bertz CT molecular complexity index is 302. The molecular weight excluding hydrogens is 218 g/mol. The molecule has 0 saturated heterocycles. The van der Waals surface area contributed by atoms with Crippen molar-refractivity contribution in [3.8, 4) is 0 Å². The first-order valence-electron chi connectivity index (χ1n) is 6.23. The van der Waals surface area contributed by atoms with Gasteiger partial charge < -0.3 is 15.2 Å². The molecule has 5 heteroatoms. The fraction of sp³-hybridized carbons (Fsp3) is 0.750. The Kier molecular flexibility index (Phi) is 6.65. The van der Waals surface area contributed by atoms with E-state index in [1.165, 1.54) is 6.42 Å². The van der Waals surface area contributed by atoms with Gasteiger partial charge in [0, 0.05) is 12.2 Å². The maximum Gasteiger partial charge on any atom is 0.0728 e. The number of hydrogen-bond acceptors (Lipinski definition) is 4. The summed E-state index contributed by atoms with van der Waals surface area (Å²) in [4.78, 5) is 0. The van der Waals surface area contributed by atoms with Crippen LogP contribution in [-0.2, 0) is 11.3 Å². The Morgan fingerprint density at radius 2 is 2.35 bits per heavy atom. The highest BCUT2D eigenvalue weighted by molar-refractivity contribution is 5.38. The van der Waals surface area contributed by atoms with Crippen LogP contribution in [0.1, 0.15) is 26.7 Å². The first-order chi connectivity index (χ1) is 8.26. The molecule has 0 fully saturated rings. The molecule has 1 rings (SSSR count). The van der Waals surface area contributed by atoms with E-state index >= 15 is 0 Å². The van der Waals surface area contributed by atoms with Gasteiger partial charge in [-0.3, -0.25) is 4.68 Å². The summed E-state index contributed by atoms with van der Waals surface area (Å²) in [5.41, 5.74) is 1.05. The second-order valence-corrected chi connectivity index (χ2v) is 4.16. The fourth-order valence-electron chi connectivity index (χ4n) is 1.67. The molecule has 0 aliphatic rings. The van der Waals surface area contributed by atoms with Crippen molar-refractivity contribution in [2.75, 3.05) is 25.1 Å². The van der Waals surface area contributed by atoms with Crippen molar-refractivity contribution in [3.63, 3.8) is 0 Å². The Morgan fingerprint density at radius 3 is 3.06 bits per heavy atom. The highest BCUT2D eigenvalue weighted by Crippen LogP contribution is 2.09. The van der Waals surface area contributed by atoms with Crippen molar-refractivity contribution in [2.45, 2.75) is 39.3 Å². The fourth-order valence-corrected chi connectivity index (χ4v) is 1.67. The number of nitrogens with one attached hydrogen (secondary N) is 1.